The molecule has 2 heterocycles. The van der Waals surface area contributed by atoms with Crippen LogP contribution in [0.25, 0.3) is 0 Å². The molecule has 1 fully saturated rings. The maximum atomic E-state index is 13.1. The zero-order valence-corrected chi connectivity index (χ0v) is 16.1. The van der Waals surface area contributed by atoms with Gasteiger partial charge in [0.25, 0.3) is 0 Å². The first-order valence-electron chi connectivity index (χ1n) is 9.61. The molecule has 1 N–H and O–H groups in total. The van der Waals surface area contributed by atoms with Crippen LogP contribution in [0.4, 0.5) is 10.1 Å². The average molecular weight is 373 g/mol. The molecule has 0 amide bonds. The molecule has 1 saturated heterocycles. The molecule has 27 heavy (non-hydrogen) atoms. The van der Waals surface area contributed by atoms with Gasteiger partial charge in [0.2, 0.25) is 0 Å². The number of aromatic nitrogens is 3. The van der Waals surface area contributed by atoms with E-state index >= 15 is 0 Å². The predicted octanol–water partition coefficient (Wildman–Crippen LogP) is 1.77. The van der Waals surface area contributed by atoms with Crippen LogP contribution in [0.15, 0.2) is 35.6 Å². The molecule has 0 unspecified atom stereocenters. The van der Waals surface area contributed by atoms with E-state index in [1.165, 1.54) is 12.1 Å². The second-order valence-electron chi connectivity index (χ2n) is 6.48. The summed E-state index contributed by atoms with van der Waals surface area (Å²) in [5.41, 5.74) is 1.07. The van der Waals surface area contributed by atoms with E-state index in [0.717, 1.165) is 63.2 Å². The molecular weight excluding hydrogens is 345 g/mol. The van der Waals surface area contributed by atoms with Crippen molar-refractivity contribution in [3.63, 3.8) is 0 Å². The van der Waals surface area contributed by atoms with Gasteiger partial charge in [-0.2, -0.15) is 0 Å². The van der Waals surface area contributed by atoms with Crippen molar-refractivity contribution in [3.05, 3.63) is 42.2 Å². The van der Waals surface area contributed by atoms with Crippen molar-refractivity contribution in [1.82, 2.24) is 25.0 Å². The van der Waals surface area contributed by atoms with Gasteiger partial charge in [-0.3, -0.25) is 4.99 Å². The van der Waals surface area contributed by atoms with Crippen molar-refractivity contribution in [2.24, 2.45) is 4.99 Å². The number of hydrogen-bond acceptors (Lipinski definition) is 4. The van der Waals surface area contributed by atoms with Crippen LogP contribution in [0.5, 0.6) is 0 Å². The van der Waals surface area contributed by atoms with E-state index < -0.39 is 0 Å². The Morgan fingerprint density at radius 2 is 1.89 bits per heavy atom. The van der Waals surface area contributed by atoms with E-state index in [1.807, 2.05) is 12.1 Å². The van der Waals surface area contributed by atoms with Gasteiger partial charge in [0, 0.05) is 51.4 Å². The van der Waals surface area contributed by atoms with Gasteiger partial charge >= 0.3 is 0 Å². The number of rotatable bonds is 6. The van der Waals surface area contributed by atoms with Crippen LogP contribution >= 0.6 is 0 Å². The number of nitrogens with one attached hydrogen (secondary N) is 1. The van der Waals surface area contributed by atoms with Gasteiger partial charge < -0.3 is 19.7 Å². The highest BCUT2D eigenvalue weighted by molar-refractivity contribution is 5.80. The third-order valence-electron chi connectivity index (χ3n) is 4.72. The summed E-state index contributed by atoms with van der Waals surface area (Å²) in [6.45, 7) is 10.0. The molecule has 7 nitrogen and oxygen atoms in total. The summed E-state index contributed by atoms with van der Waals surface area (Å²) in [6.07, 6.45) is 2.64. The van der Waals surface area contributed by atoms with Gasteiger partial charge in [0.15, 0.2) is 5.96 Å². The first kappa shape index (κ1) is 19.1. The van der Waals surface area contributed by atoms with E-state index in [1.54, 1.807) is 6.33 Å². The Balaban J connectivity index is 1.56. The van der Waals surface area contributed by atoms with E-state index in [2.05, 4.69) is 43.7 Å². The van der Waals surface area contributed by atoms with Crippen LogP contribution in [0, 0.1) is 5.82 Å². The monoisotopic (exact) mass is 373 g/mol. The third-order valence-corrected chi connectivity index (χ3v) is 4.72. The van der Waals surface area contributed by atoms with Gasteiger partial charge in [0.1, 0.15) is 18.0 Å². The summed E-state index contributed by atoms with van der Waals surface area (Å²) < 4.78 is 15.2. The van der Waals surface area contributed by atoms with E-state index in [4.69, 9.17) is 4.99 Å². The summed E-state index contributed by atoms with van der Waals surface area (Å²) >= 11 is 0. The van der Waals surface area contributed by atoms with Crippen LogP contribution < -0.4 is 10.2 Å². The number of piperazine rings is 1. The normalized spacial score (nSPS) is 15.3. The van der Waals surface area contributed by atoms with Crippen LogP contribution in [-0.4, -0.2) is 64.9 Å². The van der Waals surface area contributed by atoms with E-state index in [9.17, 15) is 4.39 Å². The lowest BCUT2D eigenvalue weighted by Crippen LogP contribution is -2.52. The maximum Gasteiger partial charge on any atom is 0.194 e. The third kappa shape index (κ3) is 4.96. The Kier molecular flexibility index (Phi) is 6.62. The van der Waals surface area contributed by atoms with Gasteiger partial charge in [-0.05, 0) is 31.2 Å². The standard InChI is InChI=1S/C19H28FN7/c1-3-18-24-23-15-27(18)10-9-22-19(21-4-2)26-13-11-25(12-14-26)17-7-5-16(20)6-8-17/h5-8,15H,3-4,9-14H2,1-2H3,(H,21,22). The fourth-order valence-electron chi connectivity index (χ4n) is 3.26. The number of anilines is 1. The van der Waals surface area contributed by atoms with Crippen LogP contribution in [-0.2, 0) is 13.0 Å². The molecule has 1 aromatic heterocycles. The Morgan fingerprint density at radius 3 is 2.56 bits per heavy atom. The average Bonchev–Trinajstić information content (AvgIpc) is 3.16. The topological polar surface area (TPSA) is 61.6 Å². The van der Waals surface area contributed by atoms with Gasteiger partial charge in [0.05, 0.1) is 6.54 Å². The first-order chi connectivity index (χ1) is 13.2. The molecule has 0 spiro atoms. The number of aryl methyl sites for hydroxylation is 1. The second kappa shape index (κ2) is 9.34. The molecule has 3 rings (SSSR count). The highest BCUT2D eigenvalue weighted by Gasteiger charge is 2.19. The molecule has 8 heteroatoms. The van der Waals surface area contributed by atoms with E-state index in [0.29, 0.717) is 6.54 Å². The number of benzene rings is 1. The Morgan fingerprint density at radius 1 is 1.15 bits per heavy atom. The zero-order chi connectivity index (χ0) is 19.1. The molecule has 1 aromatic carbocycles. The Labute approximate surface area is 159 Å². The Bertz CT molecular complexity index is 733. The fourth-order valence-corrected chi connectivity index (χ4v) is 3.26. The van der Waals surface area contributed by atoms with Crippen molar-refractivity contribution in [2.75, 3.05) is 44.2 Å². The molecule has 2 aromatic rings. The van der Waals surface area contributed by atoms with Crippen LogP contribution in [0.3, 0.4) is 0 Å². The highest BCUT2D eigenvalue weighted by Crippen LogP contribution is 2.17. The SMILES string of the molecule is CCNC(=NCCn1cnnc1CC)N1CCN(c2ccc(F)cc2)CC1. The molecule has 1 aliphatic rings. The minimum Gasteiger partial charge on any atom is -0.368 e. The largest absolute Gasteiger partial charge is 0.368 e. The first-order valence-corrected chi connectivity index (χ1v) is 9.61. The van der Waals surface area contributed by atoms with Crippen molar-refractivity contribution in [2.45, 2.75) is 26.8 Å². The summed E-state index contributed by atoms with van der Waals surface area (Å²) in [5.74, 6) is 1.74. The molecule has 146 valence electrons. The molecular formula is C19H28FN7. The van der Waals surface area contributed by atoms with Gasteiger partial charge in [-0.25, -0.2) is 4.39 Å². The molecule has 0 aliphatic carbocycles. The second-order valence-corrected chi connectivity index (χ2v) is 6.48. The molecule has 0 radical (unpaired) electrons. The van der Waals surface area contributed by atoms with Gasteiger partial charge in [-0.1, -0.05) is 6.92 Å². The molecule has 0 atom stereocenters. The van der Waals surface area contributed by atoms with Crippen molar-refractivity contribution < 1.29 is 4.39 Å². The lowest BCUT2D eigenvalue weighted by molar-refractivity contribution is 0.372. The van der Waals surface area contributed by atoms with Crippen molar-refractivity contribution >= 4 is 11.6 Å². The zero-order valence-electron chi connectivity index (χ0n) is 16.1. The number of halogens is 1. The number of aliphatic imine (C=N–C) groups is 1. The maximum absolute atomic E-state index is 13.1. The quantitative estimate of drug-likeness (QED) is 0.618. The minimum atomic E-state index is -0.196. The highest BCUT2D eigenvalue weighted by atomic mass is 19.1. The van der Waals surface area contributed by atoms with Crippen LogP contribution in [0.2, 0.25) is 0 Å². The van der Waals surface area contributed by atoms with E-state index in [-0.39, 0.29) is 5.82 Å². The summed E-state index contributed by atoms with van der Waals surface area (Å²) in [6, 6.07) is 6.72. The lowest BCUT2D eigenvalue weighted by Gasteiger charge is -2.37. The Hall–Kier alpha value is -2.64. The summed E-state index contributed by atoms with van der Waals surface area (Å²) in [5, 5.41) is 11.5. The summed E-state index contributed by atoms with van der Waals surface area (Å²) in [7, 11) is 0. The van der Waals surface area contributed by atoms with Crippen molar-refractivity contribution in [1.29, 1.82) is 0 Å². The molecule has 0 saturated carbocycles. The number of guanidine groups is 1. The van der Waals surface area contributed by atoms with Crippen molar-refractivity contribution in [3.8, 4) is 0 Å². The predicted molar refractivity (Wildman–Crippen MR) is 106 cm³/mol. The summed E-state index contributed by atoms with van der Waals surface area (Å²) in [4.78, 5) is 9.35. The smallest absolute Gasteiger partial charge is 0.194 e. The number of hydrogen-bond donors (Lipinski definition) is 1. The number of nitrogens with zero attached hydrogens (tertiary/aromatic N) is 6. The fraction of sp³-hybridized carbons (Fsp3) is 0.526. The van der Waals surface area contributed by atoms with Gasteiger partial charge in [-0.15, -0.1) is 10.2 Å². The minimum absolute atomic E-state index is 0.196. The van der Waals surface area contributed by atoms with Crippen LogP contribution in [0.1, 0.15) is 19.7 Å². The lowest BCUT2D eigenvalue weighted by atomic mass is 10.2. The molecule has 0 bridgehead atoms. The molecule has 1 aliphatic heterocycles.